The van der Waals surface area contributed by atoms with Crippen LogP contribution in [0.1, 0.15) is 29.3 Å². The minimum atomic E-state index is -4.84. The van der Waals surface area contributed by atoms with Crippen LogP contribution in [0.5, 0.6) is 0 Å². The smallest absolute Gasteiger partial charge is 0.281 e. The first-order valence-corrected chi connectivity index (χ1v) is 12.1. The molecule has 0 atom stereocenters. The number of rotatable bonds is 5. The Morgan fingerprint density at radius 1 is 1.11 bits per heavy atom. The van der Waals surface area contributed by atoms with Gasteiger partial charge >= 0.3 is 22.0 Å². The van der Waals surface area contributed by atoms with Crippen LogP contribution < -0.4 is 11.2 Å². The molecule has 9 nitrogen and oxygen atoms in total. The second-order valence-corrected chi connectivity index (χ2v) is 9.44. The van der Waals surface area contributed by atoms with E-state index < -0.39 is 38.0 Å². The predicted molar refractivity (Wildman–Crippen MR) is 126 cm³/mol. The van der Waals surface area contributed by atoms with Crippen molar-refractivity contribution in [3.8, 4) is 11.8 Å². The van der Waals surface area contributed by atoms with E-state index in [1.54, 1.807) is 6.92 Å². The van der Waals surface area contributed by atoms with E-state index in [2.05, 4.69) is 0 Å². The maximum absolute atomic E-state index is 13.4. The van der Waals surface area contributed by atoms with E-state index in [0.717, 1.165) is 36.0 Å². The average molecular weight is 531 g/mol. The molecule has 37 heavy (non-hydrogen) atoms. The summed E-state index contributed by atoms with van der Waals surface area (Å²) in [6.07, 6.45) is -3.70. The summed E-state index contributed by atoms with van der Waals surface area (Å²) in [4.78, 5) is 25.8. The van der Waals surface area contributed by atoms with Crippen molar-refractivity contribution in [2.75, 3.05) is 0 Å². The van der Waals surface area contributed by atoms with Crippen molar-refractivity contribution < 1.29 is 30.7 Å². The van der Waals surface area contributed by atoms with Gasteiger partial charge in [-0.15, -0.1) is 0 Å². The van der Waals surface area contributed by atoms with Gasteiger partial charge in [-0.3, -0.25) is 18.5 Å². The average Bonchev–Trinajstić information content (AvgIpc) is 2.82. The normalized spacial score (nSPS) is 13.7. The van der Waals surface area contributed by atoms with Crippen LogP contribution in [0.3, 0.4) is 0 Å². The van der Waals surface area contributed by atoms with Crippen LogP contribution in [0.4, 0.5) is 18.9 Å². The third-order valence-electron chi connectivity index (χ3n) is 5.83. The number of hydrogen-bond donors (Lipinski definition) is 1. The van der Waals surface area contributed by atoms with Crippen LogP contribution in [0, 0.1) is 11.3 Å². The Morgan fingerprint density at radius 2 is 1.76 bits per heavy atom. The standard InChI is InChI=1S/C24H17F3N4O5S/c1-3-18-20(21-19(37(34,35)36)13-30(21)16-9-7-14(12-28)8-10-16)22(32)29(2)23(33)31(18)17-6-4-5-15(11-17)24(25,26)27/h4-11,13H,3H2,1-2H3/p+1. The highest BCUT2D eigenvalue weighted by molar-refractivity contribution is 7.91. The Bertz CT molecular complexity index is 1780. The number of nitriles is 1. The molecule has 0 aliphatic carbocycles. The fourth-order valence-electron chi connectivity index (χ4n) is 4.04. The topological polar surface area (TPSA) is 125 Å². The van der Waals surface area contributed by atoms with Crippen molar-refractivity contribution in [2.24, 2.45) is 7.05 Å². The van der Waals surface area contributed by atoms with Gasteiger partial charge in [-0.2, -0.15) is 31.4 Å². The van der Waals surface area contributed by atoms with E-state index in [1.807, 2.05) is 6.07 Å². The molecular weight excluding hydrogens is 513 g/mol. The number of alkyl halides is 3. The van der Waals surface area contributed by atoms with Gasteiger partial charge in [0.05, 0.1) is 22.9 Å². The van der Waals surface area contributed by atoms with E-state index in [9.17, 15) is 35.7 Å². The number of nitrogens with zero attached hydrogens (tertiary/aromatic N) is 4. The highest BCUT2D eigenvalue weighted by Gasteiger charge is 2.44. The van der Waals surface area contributed by atoms with Crippen molar-refractivity contribution >= 4 is 21.5 Å². The van der Waals surface area contributed by atoms with Crippen molar-refractivity contribution in [3.05, 3.63) is 103 Å². The predicted octanol–water partition coefficient (Wildman–Crippen LogP) is 2.87. The van der Waals surface area contributed by atoms with Gasteiger partial charge in [0.2, 0.25) is 16.8 Å². The molecular formula is C24H18F3N4O5S+. The molecule has 0 spiro atoms. The van der Waals surface area contributed by atoms with Gasteiger partial charge in [-0.25, -0.2) is 4.79 Å². The molecule has 0 fully saturated rings. The Kier molecular flexibility index (Phi) is 6.27. The first-order chi connectivity index (χ1) is 17.3. The summed E-state index contributed by atoms with van der Waals surface area (Å²) in [7, 11) is -3.73. The number of allylic oxidation sites excluding steroid dienone is 1. The molecule has 2 aromatic carbocycles. The summed E-state index contributed by atoms with van der Waals surface area (Å²) in [6, 6.07) is 11.8. The molecule has 1 aromatic heterocycles. The lowest BCUT2D eigenvalue weighted by Crippen LogP contribution is -2.46. The molecule has 0 bridgehead atoms. The Morgan fingerprint density at radius 3 is 2.30 bits per heavy atom. The summed E-state index contributed by atoms with van der Waals surface area (Å²) >= 11 is 0. The summed E-state index contributed by atoms with van der Waals surface area (Å²) in [6.45, 7) is 1.55. The minimum Gasteiger partial charge on any atom is -0.281 e. The van der Waals surface area contributed by atoms with Crippen molar-refractivity contribution in [1.29, 1.82) is 5.26 Å². The second-order valence-electron chi connectivity index (χ2n) is 8.05. The second kappa shape index (κ2) is 8.99. The highest BCUT2D eigenvalue weighted by Crippen LogP contribution is 2.32. The Hall–Kier alpha value is -4.28. The Labute approximate surface area is 208 Å². The first-order valence-electron chi connectivity index (χ1n) is 10.7. The van der Waals surface area contributed by atoms with Crippen molar-refractivity contribution in [3.63, 3.8) is 0 Å². The molecule has 0 saturated heterocycles. The van der Waals surface area contributed by atoms with Gasteiger partial charge < -0.3 is 0 Å². The molecule has 0 amide bonds. The van der Waals surface area contributed by atoms with Crippen LogP contribution in [0.15, 0.2) is 69.2 Å². The number of halogens is 3. The lowest BCUT2D eigenvalue weighted by Gasteiger charge is -2.21. The molecule has 3 aromatic rings. The van der Waals surface area contributed by atoms with E-state index in [4.69, 9.17) is 5.26 Å². The molecule has 0 saturated carbocycles. The maximum Gasteiger partial charge on any atom is 0.416 e. The van der Waals surface area contributed by atoms with Crippen LogP contribution in [-0.2, 0) is 29.8 Å². The molecule has 190 valence electrons. The number of benzene rings is 2. The Balaban J connectivity index is 2.09. The third-order valence-corrected chi connectivity index (χ3v) is 6.69. The molecule has 2 heterocycles. The van der Waals surface area contributed by atoms with Gasteiger partial charge in [0.1, 0.15) is 5.56 Å². The SMILES string of the molecule is CCc1c(C2=[N+](c3ccc(C#N)cc3)C=C2S(=O)(=O)O)c(=O)n(C)c(=O)n1-c1cccc(C(F)(F)F)c1. The zero-order valence-corrected chi connectivity index (χ0v) is 20.1. The van der Waals surface area contributed by atoms with Gasteiger partial charge in [-0.1, -0.05) is 13.0 Å². The van der Waals surface area contributed by atoms with Gasteiger partial charge in [0.15, 0.2) is 0 Å². The highest BCUT2D eigenvalue weighted by atomic mass is 32.2. The number of hydrogen-bond acceptors (Lipinski definition) is 5. The molecule has 4 rings (SSSR count). The lowest BCUT2D eigenvalue weighted by atomic mass is 10.0. The zero-order chi connectivity index (χ0) is 27.3. The first kappa shape index (κ1) is 25.8. The van der Waals surface area contributed by atoms with Crippen LogP contribution >= 0.6 is 0 Å². The summed E-state index contributed by atoms with van der Waals surface area (Å²) in [5, 5.41) is 9.05. The molecule has 1 N–H and O–H groups in total. The summed E-state index contributed by atoms with van der Waals surface area (Å²) < 4.78 is 77.1. The summed E-state index contributed by atoms with van der Waals surface area (Å²) in [5.74, 6) is 0. The molecule has 1 aliphatic rings. The zero-order valence-electron chi connectivity index (χ0n) is 19.3. The fourth-order valence-corrected chi connectivity index (χ4v) is 4.73. The van der Waals surface area contributed by atoms with E-state index >= 15 is 0 Å². The van der Waals surface area contributed by atoms with Gasteiger partial charge in [-0.05, 0) is 36.8 Å². The lowest BCUT2D eigenvalue weighted by molar-refractivity contribution is -0.371. The van der Waals surface area contributed by atoms with Crippen LogP contribution in [0.25, 0.3) is 5.69 Å². The van der Waals surface area contributed by atoms with Gasteiger partial charge in [0.25, 0.3) is 11.3 Å². The molecule has 1 aliphatic heterocycles. The van der Waals surface area contributed by atoms with Crippen molar-refractivity contribution in [2.45, 2.75) is 19.5 Å². The van der Waals surface area contributed by atoms with E-state index in [1.165, 1.54) is 34.9 Å². The van der Waals surface area contributed by atoms with Gasteiger partial charge in [0, 0.05) is 24.9 Å². The minimum absolute atomic E-state index is 0.0552. The van der Waals surface area contributed by atoms with Crippen LogP contribution in [-0.4, -0.2) is 32.4 Å². The maximum atomic E-state index is 13.4. The third kappa shape index (κ3) is 4.41. The van der Waals surface area contributed by atoms with E-state index in [-0.39, 0.29) is 29.1 Å². The fraction of sp³-hybridized carbons (Fsp3) is 0.167. The molecule has 0 radical (unpaired) electrons. The summed E-state index contributed by atoms with van der Waals surface area (Å²) in [5.41, 5.74) is -3.02. The molecule has 0 unspecified atom stereocenters. The quantitative estimate of drug-likeness (QED) is 0.399. The van der Waals surface area contributed by atoms with E-state index in [0.29, 0.717) is 15.8 Å². The van der Waals surface area contributed by atoms with Crippen molar-refractivity contribution in [1.82, 2.24) is 9.13 Å². The molecule has 13 heteroatoms. The largest absolute Gasteiger partial charge is 0.416 e. The monoisotopic (exact) mass is 531 g/mol. The van der Waals surface area contributed by atoms with Crippen LogP contribution in [0.2, 0.25) is 0 Å². The number of aromatic nitrogens is 2.